The fourth-order valence-electron chi connectivity index (χ4n) is 3.60. The monoisotopic (exact) mass is 259 g/mol. The van der Waals surface area contributed by atoms with Crippen molar-refractivity contribution in [3.8, 4) is 5.75 Å². The summed E-state index contributed by atoms with van der Waals surface area (Å²) in [4.78, 5) is 0. The van der Waals surface area contributed by atoms with Crippen molar-refractivity contribution in [3.05, 3.63) is 29.3 Å². The molecule has 2 aliphatic rings. The van der Waals surface area contributed by atoms with Gasteiger partial charge in [0.15, 0.2) is 0 Å². The minimum absolute atomic E-state index is 0.506. The summed E-state index contributed by atoms with van der Waals surface area (Å²) in [5, 5.41) is 3.49. The van der Waals surface area contributed by atoms with Crippen LogP contribution < -0.4 is 10.1 Å². The van der Waals surface area contributed by atoms with Crippen LogP contribution in [0.15, 0.2) is 18.2 Å². The third-order valence-electron chi connectivity index (χ3n) is 4.80. The molecule has 0 aromatic heterocycles. The van der Waals surface area contributed by atoms with Crippen LogP contribution >= 0.6 is 0 Å². The van der Waals surface area contributed by atoms with Gasteiger partial charge in [-0.25, -0.2) is 0 Å². The molecule has 1 aromatic carbocycles. The second kappa shape index (κ2) is 5.96. The van der Waals surface area contributed by atoms with Crippen molar-refractivity contribution >= 4 is 0 Å². The van der Waals surface area contributed by atoms with Crippen LogP contribution in [0.2, 0.25) is 0 Å². The fraction of sp³-hybridized carbons (Fsp3) is 0.647. The van der Waals surface area contributed by atoms with E-state index in [-0.39, 0.29) is 0 Å². The minimum Gasteiger partial charge on any atom is -0.493 e. The smallest absolute Gasteiger partial charge is 0.122 e. The zero-order chi connectivity index (χ0) is 13.1. The lowest BCUT2D eigenvalue weighted by Crippen LogP contribution is -2.17. The highest BCUT2D eigenvalue weighted by molar-refractivity contribution is 5.40. The van der Waals surface area contributed by atoms with E-state index in [9.17, 15) is 0 Å². The summed E-state index contributed by atoms with van der Waals surface area (Å²) in [7, 11) is 2.09. The number of hydrogen-bond donors (Lipinski definition) is 1. The van der Waals surface area contributed by atoms with Gasteiger partial charge in [0.05, 0.1) is 6.61 Å². The van der Waals surface area contributed by atoms with E-state index in [1.807, 2.05) is 0 Å². The maximum Gasteiger partial charge on any atom is 0.122 e. The molecule has 0 radical (unpaired) electrons. The van der Waals surface area contributed by atoms with Crippen LogP contribution in [0.5, 0.6) is 5.75 Å². The summed E-state index contributed by atoms with van der Waals surface area (Å²) < 4.78 is 5.59. The van der Waals surface area contributed by atoms with Gasteiger partial charge in [-0.15, -0.1) is 0 Å². The van der Waals surface area contributed by atoms with Gasteiger partial charge in [0, 0.05) is 12.5 Å². The van der Waals surface area contributed by atoms with Gasteiger partial charge in [0.25, 0.3) is 0 Å². The van der Waals surface area contributed by atoms with Crippen LogP contribution in [-0.4, -0.2) is 13.7 Å². The Morgan fingerprint density at radius 2 is 2.16 bits per heavy atom. The molecule has 2 heteroatoms. The normalized spacial score (nSPS) is 20.3. The Labute approximate surface area is 116 Å². The first kappa shape index (κ1) is 13.0. The topological polar surface area (TPSA) is 21.3 Å². The Morgan fingerprint density at radius 1 is 1.32 bits per heavy atom. The molecule has 1 fully saturated rings. The van der Waals surface area contributed by atoms with Crippen LogP contribution in [0.4, 0.5) is 0 Å². The summed E-state index contributed by atoms with van der Waals surface area (Å²) in [6, 6.07) is 7.24. The molecule has 104 valence electrons. The Morgan fingerprint density at radius 3 is 2.95 bits per heavy atom. The van der Waals surface area contributed by atoms with Gasteiger partial charge in [-0.05, 0) is 43.0 Å². The Kier molecular flexibility index (Phi) is 4.07. The van der Waals surface area contributed by atoms with Crippen molar-refractivity contribution in [2.75, 3.05) is 13.7 Å². The molecule has 1 aliphatic heterocycles. The van der Waals surface area contributed by atoms with Crippen LogP contribution in [-0.2, 0) is 6.42 Å². The van der Waals surface area contributed by atoms with Gasteiger partial charge >= 0.3 is 0 Å². The molecule has 0 spiro atoms. The quantitative estimate of drug-likeness (QED) is 0.867. The number of benzene rings is 1. The fourth-order valence-corrected chi connectivity index (χ4v) is 3.60. The van der Waals surface area contributed by atoms with Gasteiger partial charge in [-0.2, -0.15) is 0 Å². The van der Waals surface area contributed by atoms with Gasteiger partial charge in [0.2, 0.25) is 0 Å². The van der Waals surface area contributed by atoms with Crippen LogP contribution in [0.25, 0.3) is 0 Å². The van der Waals surface area contributed by atoms with Crippen LogP contribution in [0.3, 0.4) is 0 Å². The average molecular weight is 259 g/mol. The van der Waals surface area contributed by atoms with E-state index < -0.39 is 0 Å². The molecule has 1 saturated carbocycles. The molecule has 0 saturated heterocycles. The number of nitrogens with one attached hydrogen (secondary N) is 1. The van der Waals surface area contributed by atoms with Gasteiger partial charge in [-0.1, -0.05) is 37.8 Å². The molecular weight excluding hydrogens is 234 g/mol. The summed E-state index contributed by atoms with van der Waals surface area (Å²) in [5.41, 5.74) is 2.82. The highest BCUT2D eigenvalue weighted by atomic mass is 16.5. The predicted octanol–water partition coefficient (Wildman–Crippen LogP) is 3.85. The summed E-state index contributed by atoms with van der Waals surface area (Å²) >= 11 is 0. The van der Waals surface area contributed by atoms with E-state index >= 15 is 0 Å². The largest absolute Gasteiger partial charge is 0.493 e. The highest BCUT2D eigenvalue weighted by Crippen LogP contribution is 2.33. The molecule has 1 aliphatic carbocycles. The molecule has 2 nitrogen and oxygen atoms in total. The summed E-state index contributed by atoms with van der Waals surface area (Å²) in [5.74, 6) is 2.07. The van der Waals surface area contributed by atoms with Crippen LogP contribution in [0, 0.1) is 5.92 Å². The number of ether oxygens (including phenoxy) is 1. The highest BCUT2D eigenvalue weighted by Gasteiger charge is 2.19. The first-order valence-electron chi connectivity index (χ1n) is 7.79. The van der Waals surface area contributed by atoms with Crippen molar-refractivity contribution in [1.82, 2.24) is 5.32 Å². The number of fused-ring (bicyclic) bond motifs is 1. The molecule has 1 atom stereocenters. The van der Waals surface area contributed by atoms with E-state index in [0.717, 1.165) is 24.7 Å². The average Bonchev–Trinajstić information content (AvgIpc) is 3.09. The standard InChI is InChI=1S/C17H25NO/c1-18-16(8-6-13-4-2-3-5-13)14-7-9-17-15(12-14)10-11-19-17/h7,9,12-13,16,18H,2-6,8,10-11H2,1H3. The second-order valence-electron chi connectivity index (χ2n) is 6.03. The first-order chi connectivity index (χ1) is 9.36. The summed E-state index contributed by atoms with van der Waals surface area (Å²) in [6.45, 7) is 0.852. The van der Waals surface area contributed by atoms with Crippen molar-refractivity contribution in [2.24, 2.45) is 5.92 Å². The maximum absolute atomic E-state index is 5.59. The third kappa shape index (κ3) is 2.94. The van der Waals surface area contributed by atoms with E-state index in [2.05, 4.69) is 30.6 Å². The molecule has 19 heavy (non-hydrogen) atoms. The van der Waals surface area contributed by atoms with E-state index in [0.29, 0.717) is 6.04 Å². The molecular formula is C17H25NO. The second-order valence-corrected chi connectivity index (χ2v) is 6.03. The van der Waals surface area contributed by atoms with E-state index in [1.165, 1.54) is 49.7 Å². The maximum atomic E-state index is 5.59. The Bertz CT molecular complexity index is 423. The van der Waals surface area contributed by atoms with Crippen molar-refractivity contribution in [1.29, 1.82) is 0 Å². The lowest BCUT2D eigenvalue weighted by atomic mass is 9.94. The number of hydrogen-bond acceptors (Lipinski definition) is 2. The van der Waals surface area contributed by atoms with Gasteiger partial charge in [-0.3, -0.25) is 0 Å². The van der Waals surface area contributed by atoms with Crippen molar-refractivity contribution in [2.45, 2.75) is 51.0 Å². The SMILES string of the molecule is CNC(CCC1CCCC1)c1ccc2c(c1)CCO2. The Balaban J connectivity index is 1.64. The molecule has 1 unspecified atom stereocenters. The third-order valence-corrected chi connectivity index (χ3v) is 4.80. The molecule has 0 bridgehead atoms. The molecule has 1 N–H and O–H groups in total. The molecule has 0 amide bonds. The van der Waals surface area contributed by atoms with E-state index in [4.69, 9.17) is 4.74 Å². The van der Waals surface area contributed by atoms with Crippen molar-refractivity contribution in [3.63, 3.8) is 0 Å². The van der Waals surface area contributed by atoms with Crippen LogP contribution in [0.1, 0.15) is 55.7 Å². The molecule has 3 rings (SSSR count). The molecule has 1 aromatic rings. The van der Waals surface area contributed by atoms with E-state index in [1.54, 1.807) is 0 Å². The summed E-state index contributed by atoms with van der Waals surface area (Å²) in [6.07, 6.45) is 9.52. The zero-order valence-electron chi connectivity index (χ0n) is 12.0. The minimum atomic E-state index is 0.506. The first-order valence-corrected chi connectivity index (χ1v) is 7.79. The lowest BCUT2D eigenvalue weighted by Gasteiger charge is -2.19. The molecule has 1 heterocycles. The Hall–Kier alpha value is -1.02. The van der Waals surface area contributed by atoms with Gasteiger partial charge in [0.1, 0.15) is 5.75 Å². The van der Waals surface area contributed by atoms with Crippen molar-refractivity contribution < 1.29 is 4.74 Å². The predicted molar refractivity (Wildman–Crippen MR) is 78.6 cm³/mol. The van der Waals surface area contributed by atoms with Gasteiger partial charge < -0.3 is 10.1 Å². The zero-order valence-corrected chi connectivity index (χ0v) is 12.0. The lowest BCUT2D eigenvalue weighted by molar-refractivity contribution is 0.356. The number of rotatable bonds is 5.